The van der Waals surface area contributed by atoms with Crippen molar-refractivity contribution in [3.8, 4) is 11.5 Å². The average molecular weight is 330 g/mol. The first-order valence-electron chi connectivity index (χ1n) is 7.92. The Hall–Kier alpha value is -2.83. The molecule has 2 heterocycles. The SMILES string of the molecule is CCOc1cc2c(cc1CNc1[nH+]cccc1[N+](=O)[O-])O[C@H](C)C2. The van der Waals surface area contributed by atoms with Gasteiger partial charge in [0.25, 0.3) is 0 Å². The molecule has 0 radical (unpaired) electrons. The number of aromatic amines is 1. The summed E-state index contributed by atoms with van der Waals surface area (Å²) in [4.78, 5) is 13.5. The second-order valence-corrected chi connectivity index (χ2v) is 5.67. The van der Waals surface area contributed by atoms with Gasteiger partial charge < -0.3 is 9.47 Å². The molecule has 24 heavy (non-hydrogen) atoms. The van der Waals surface area contributed by atoms with Gasteiger partial charge in [0.05, 0.1) is 17.7 Å². The molecule has 2 aromatic rings. The number of nitrogens with zero attached hydrogens (tertiary/aromatic N) is 1. The van der Waals surface area contributed by atoms with Crippen LogP contribution in [0.5, 0.6) is 11.5 Å². The summed E-state index contributed by atoms with van der Waals surface area (Å²) in [6.45, 7) is 4.90. The predicted octanol–water partition coefficient (Wildman–Crippen LogP) is 2.74. The number of nitrogens with one attached hydrogen (secondary N) is 2. The molecule has 0 unspecified atom stereocenters. The zero-order valence-corrected chi connectivity index (χ0v) is 13.7. The largest absolute Gasteiger partial charge is 0.493 e. The number of hydrogen-bond donors (Lipinski definition) is 1. The van der Waals surface area contributed by atoms with E-state index in [-0.39, 0.29) is 11.8 Å². The van der Waals surface area contributed by atoms with Crippen LogP contribution >= 0.6 is 0 Å². The molecule has 7 heteroatoms. The Balaban J connectivity index is 1.85. The van der Waals surface area contributed by atoms with Gasteiger partial charge in [0.15, 0.2) is 0 Å². The summed E-state index contributed by atoms with van der Waals surface area (Å²) in [7, 11) is 0. The van der Waals surface area contributed by atoms with Crippen molar-refractivity contribution in [3.05, 3.63) is 51.7 Å². The number of pyridine rings is 1. The van der Waals surface area contributed by atoms with Crippen molar-refractivity contribution < 1.29 is 19.4 Å². The second-order valence-electron chi connectivity index (χ2n) is 5.67. The lowest BCUT2D eigenvalue weighted by molar-refractivity contribution is -0.409. The molecule has 2 N–H and O–H groups in total. The zero-order chi connectivity index (χ0) is 17.1. The molecule has 126 valence electrons. The van der Waals surface area contributed by atoms with Gasteiger partial charge in [-0.25, -0.2) is 4.98 Å². The van der Waals surface area contributed by atoms with Crippen molar-refractivity contribution in [2.45, 2.75) is 32.9 Å². The third-order valence-electron chi connectivity index (χ3n) is 3.87. The summed E-state index contributed by atoms with van der Waals surface area (Å²) in [5.74, 6) is 1.99. The molecule has 0 aliphatic carbocycles. The molecule has 1 aliphatic rings. The molecule has 1 aromatic carbocycles. The van der Waals surface area contributed by atoms with E-state index >= 15 is 0 Å². The summed E-state index contributed by atoms with van der Waals surface area (Å²) in [6, 6.07) is 7.00. The van der Waals surface area contributed by atoms with Crippen molar-refractivity contribution in [1.29, 1.82) is 0 Å². The molecular weight excluding hydrogens is 310 g/mol. The fraction of sp³-hybridized carbons (Fsp3) is 0.353. The average Bonchev–Trinajstić information content (AvgIpc) is 2.92. The van der Waals surface area contributed by atoms with Crippen molar-refractivity contribution in [1.82, 2.24) is 0 Å². The molecule has 1 aromatic heterocycles. The highest BCUT2D eigenvalue weighted by atomic mass is 16.6. The number of rotatable bonds is 6. The van der Waals surface area contributed by atoms with E-state index in [4.69, 9.17) is 9.47 Å². The number of hydrogen-bond acceptors (Lipinski definition) is 5. The highest BCUT2D eigenvalue weighted by Crippen LogP contribution is 2.35. The molecule has 0 spiro atoms. The first-order valence-corrected chi connectivity index (χ1v) is 7.92. The lowest BCUT2D eigenvalue weighted by atomic mass is 10.1. The van der Waals surface area contributed by atoms with Gasteiger partial charge in [-0.3, -0.25) is 15.4 Å². The van der Waals surface area contributed by atoms with E-state index in [0.29, 0.717) is 19.0 Å². The Morgan fingerprint density at radius 1 is 1.50 bits per heavy atom. The van der Waals surface area contributed by atoms with Crippen LogP contribution in [-0.4, -0.2) is 17.6 Å². The molecule has 0 saturated carbocycles. The third-order valence-corrected chi connectivity index (χ3v) is 3.87. The van der Waals surface area contributed by atoms with Crippen molar-refractivity contribution in [2.75, 3.05) is 11.9 Å². The van der Waals surface area contributed by atoms with Crippen LogP contribution in [0.15, 0.2) is 30.5 Å². The van der Waals surface area contributed by atoms with Gasteiger partial charge in [-0.2, -0.15) is 0 Å². The molecule has 7 nitrogen and oxygen atoms in total. The molecule has 1 aliphatic heterocycles. The summed E-state index contributed by atoms with van der Waals surface area (Å²) in [6.07, 6.45) is 2.66. The number of nitro groups is 1. The minimum Gasteiger partial charge on any atom is -0.493 e. The van der Waals surface area contributed by atoms with E-state index < -0.39 is 4.92 Å². The van der Waals surface area contributed by atoms with Crippen LogP contribution in [-0.2, 0) is 13.0 Å². The summed E-state index contributed by atoms with van der Waals surface area (Å²) in [5, 5.41) is 14.2. The van der Waals surface area contributed by atoms with Gasteiger partial charge in [0, 0.05) is 23.6 Å². The topological polar surface area (TPSA) is 87.8 Å². The Morgan fingerprint density at radius 3 is 3.08 bits per heavy atom. The number of H-pyrrole nitrogens is 1. The van der Waals surface area contributed by atoms with Gasteiger partial charge in [-0.15, -0.1) is 0 Å². The second kappa shape index (κ2) is 6.74. The molecule has 3 rings (SSSR count). The van der Waals surface area contributed by atoms with Crippen LogP contribution in [0, 0.1) is 10.1 Å². The number of benzene rings is 1. The van der Waals surface area contributed by atoms with E-state index in [9.17, 15) is 10.1 Å². The van der Waals surface area contributed by atoms with Crippen molar-refractivity contribution >= 4 is 11.5 Å². The lowest BCUT2D eigenvalue weighted by Crippen LogP contribution is -2.15. The predicted molar refractivity (Wildman–Crippen MR) is 88.4 cm³/mol. The molecule has 0 bridgehead atoms. The normalized spacial score (nSPS) is 15.5. The lowest BCUT2D eigenvalue weighted by Gasteiger charge is -2.11. The van der Waals surface area contributed by atoms with E-state index in [1.807, 2.05) is 26.0 Å². The van der Waals surface area contributed by atoms with E-state index in [1.165, 1.54) is 6.07 Å². The quantitative estimate of drug-likeness (QED) is 0.650. The van der Waals surface area contributed by atoms with Crippen molar-refractivity contribution in [3.63, 3.8) is 0 Å². The zero-order valence-electron chi connectivity index (χ0n) is 13.7. The number of anilines is 1. The van der Waals surface area contributed by atoms with Gasteiger partial charge in [-0.05, 0) is 32.0 Å². The Labute approximate surface area is 139 Å². The molecular formula is C17H20N3O4+. The maximum absolute atomic E-state index is 11.1. The first-order chi connectivity index (χ1) is 11.6. The molecule has 0 amide bonds. The van der Waals surface area contributed by atoms with Gasteiger partial charge in [0.1, 0.15) is 24.1 Å². The number of ether oxygens (including phenoxy) is 2. The smallest absolute Gasteiger partial charge is 0.357 e. The van der Waals surface area contributed by atoms with Crippen LogP contribution in [0.3, 0.4) is 0 Å². The Morgan fingerprint density at radius 2 is 2.33 bits per heavy atom. The van der Waals surface area contributed by atoms with E-state index in [0.717, 1.165) is 29.0 Å². The Kier molecular flexibility index (Phi) is 4.50. The summed E-state index contributed by atoms with van der Waals surface area (Å²) < 4.78 is 11.5. The van der Waals surface area contributed by atoms with Gasteiger partial charge in [0.2, 0.25) is 0 Å². The molecule has 1 atom stereocenters. The third kappa shape index (κ3) is 3.24. The summed E-state index contributed by atoms with van der Waals surface area (Å²) >= 11 is 0. The number of aromatic nitrogens is 1. The van der Waals surface area contributed by atoms with E-state index in [1.54, 1.807) is 12.3 Å². The maximum Gasteiger partial charge on any atom is 0.357 e. The summed E-state index contributed by atoms with van der Waals surface area (Å²) in [5.41, 5.74) is 2.03. The van der Waals surface area contributed by atoms with Crippen LogP contribution < -0.4 is 19.8 Å². The van der Waals surface area contributed by atoms with Gasteiger partial charge >= 0.3 is 11.5 Å². The van der Waals surface area contributed by atoms with Crippen LogP contribution in [0.2, 0.25) is 0 Å². The standard InChI is InChI=1S/C17H19N3O4/c1-3-23-15-8-12-7-11(2)24-16(12)9-13(15)10-19-17-14(20(21)22)5-4-6-18-17/h4-6,8-9,11H,3,7,10H2,1-2H3,(H,18,19)/p+1/t11-/m1/s1. The van der Waals surface area contributed by atoms with E-state index in [2.05, 4.69) is 10.3 Å². The minimum atomic E-state index is -0.421. The number of fused-ring (bicyclic) bond motifs is 1. The van der Waals surface area contributed by atoms with Crippen LogP contribution in [0.25, 0.3) is 0 Å². The minimum absolute atomic E-state index is 0.00138. The first kappa shape index (κ1) is 16.0. The Bertz CT molecular complexity index is 763. The molecule has 0 saturated heterocycles. The van der Waals surface area contributed by atoms with Crippen LogP contribution in [0.4, 0.5) is 11.5 Å². The van der Waals surface area contributed by atoms with Crippen molar-refractivity contribution in [2.24, 2.45) is 0 Å². The molecule has 0 fully saturated rings. The highest BCUT2D eigenvalue weighted by molar-refractivity contribution is 5.53. The van der Waals surface area contributed by atoms with Gasteiger partial charge in [-0.1, -0.05) is 0 Å². The highest BCUT2D eigenvalue weighted by Gasteiger charge is 2.24. The fourth-order valence-electron chi connectivity index (χ4n) is 2.81. The monoisotopic (exact) mass is 330 g/mol. The maximum atomic E-state index is 11.1. The van der Waals surface area contributed by atoms with Crippen LogP contribution in [0.1, 0.15) is 25.0 Å². The fourth-order valence-corrected chi connectivity index (χ4v) is 2.81.